The topological polar surface area (TPSA) is 50.1 Å². The van der Waals surface area contributed by atoms with E-state index in [1.54, 1.807) is 13.0 Å². The van der Waals surface area contributed by atoms with Crippen LogP contribution in [-0.2, 0) is 16.1 Å². The maximum Gasteiger partial charge on any atom is 0.310 e. The molecule has 3 nitrogen and oxygen atoms in total. The number of ether oxygens (including phenoxy) is 1. The van der Waals surface area contributed by atoms with Crippen LogP contribution in [0.2, 0.25) is 5.02 Å². The quantitative estimate of drug-likeness (QED) is 0.451. The SMILES string of the molecule is C/C(C#N)=C/[C@@H]1[C@@H](C(=O)OCc2c(F)c(F)cc(F)c2Cl)C1(C)C. The Kier molecular flexibility index (Phi) is 4.95. The van der Waals surface area contributed by atoms with Crippen LogP contribution in [0.15, 0.2) is 17.7 Å². The summed E-state index contributed by atoms with van der Waals surface area (Å²) in [7, 11) is 0. The van der Waals surface area contributed by atoms with Crippen molar-refractivity contribution in [2.24, 2.45) is 17.3 Å². The van der Waals surface area contributed by atoms with Crippen molar-refractivity contribution in [3.8, 4) is 6.07 Å². The minimum atomic E-state index is -1.40. The number of benzene rings is 1. The molecule has 0 bridgehead atoms. The van der Waals surface area contributed by atoms with Crippen LogP contribution in [0, 0.1) is 46.0 Å². The monoisotopic (exact) mass is 357 g/mol. The molecule has 0 N–H and O–H groups in total. The number of nitrogens with zero attached hydrogens (tertiary/aromatic N) is 1. The molecule has 2 rings (SSSR count). The van der Waals surface area contributed by atoms with Gasteiger partial charge in [0.25, 0.3) is 0 Å². The summed E-state index contributed by atoms with van der Waals surface area (Å²) in [5, 5.41) is 8.19. The highest BCUT2D eigenvalue weighted by Crippen LogP contribution is 2.59. The fraction of sp³-hybridized carbons (Fsp3) is 0.412. The number of hydrogen-bond donors (Lipinski definition) is 0. The molecule has 0 heterocycles. The van der Waals surface area contributed by atoms with Crippen molar-refractivity contribution in [3.05, 3.63) is 45.8 Å². The van der Waals surface area contributed by atoms with Crippen LogP contribution in [-0.4, -0.2) is 5.97 Å². The lowest BCUT2D eigenvalue weighted by atomic mass is 10.1. The Bertz CT molecular complexity index is 742. The zero-order valence-electron chi connectivity index (χ0n) is 13.3. The Labute approximate surface area is 142 Å². The lowest BCUT2D eigenvalue weighted by Crippen LogP contribution is -2.12. The number of carbonyl (C=O) groups excluding carboxylic acids is 1. The van der Waals surface area contributed by atoms with E-state index in [9.17, 15) is 18.0 Å². The smallest absolute Gasteiger partial charge is 0.310 e. The summed E-state index contributed by atoms with van der Waals surface area (Å²) < 4.78 is 45.3. The predicted octanol–water partition coefficient (Wildman–Crippen LogP) is 4.54. The molecule has 1 saturated carbocycles. The molecule has 0 saturated heterocycles. The molecule has 7 heteroatoms. The minimum absolute atomic E-state index is 0.186. The molecular formula is C17H15ClF3NO2. The second-order valence-corrected chi connectivity index (χ2v) is 6.72. The Hall–Kier alpha value is -2.00. The van der Waals surface area contributed by atoms with Gasteiger partial charge < -0.3 is 4.74 Å². The van der Waals surface area contributed by atoms with E-state index in [1.807, 2.05) is 19.9 Å². The number of halogens is 4. The summed E-state index contributed by atoms with van der Waals surface area (Å²) in [6, 6.07) is 2.31. The van der Waals surface area contributed by atoms with Gasteiger partial charge in [0, 0.05) is 17.2 Å². The third-order valence-electron chi connectivity index (χ3n) is 4.33. The van der Waals surface area contributed by atoms with Crippen molar-refractivity contribution in [1.29, 1.82) is 5.26 Å². The molecule has 1 aromatic rings. The number of hydrogen-bond acceptors (Lipinski definition) is 3. The van der Waals surface area contributed by atoms with Crippen molar-refractivity contribution < 1.29 is 22.7 Å². The van der Waals surface area contributed by atoms with Gasteiger partial charge in [-0.25, -0.2) is 13.2 Å². The standard InChI is InChI=1S/C17H15ClF3NO2/c1-8(6-22)4-10-13(17(10,2)3)16(23)24-7-9-14(18)11(19)5-12(20)15(9)21/h4-5,10,13H,7H2,1-3H3/b8-4-/t10-,13+/m1/s1. The van der Waals surface area contributed by atoms with Crippen LogP contribution in [0.3, 0.4) is 0 Å². The molecule has 0 amide bonds. The Morgan fingerprint density at radius 2 is 2.04 bits per heavy atom. The van der Waals surface area contributed by atoms with E-state index >= 15 is 0 Å². The molecule has 0 aromatic heterocycles. The molecule has 0 aliphatic heterocycles. The molecule has 2 atom stereocenters. The Balaban J connectivity index is 2.12. The van der Waals surface area contributed by atoms with Crippen LogP contribution < -0.4 is 0 Å². The van der Waals surface area contributed by atoms with Gasteiger partial charge in [-0.05, 0) is 18.3 Å². The van der Waals surface area contributed by atoms with Crippen molar-refractivity contribution >= 4 is 17.6 Å². The summed E-state index contributed by atoms with van der Waals surface area (Å²) in [6.45, 7) is 4.63. The highest BCUT2D eigenvalue weighted by Gasteiger charge is 2.61. The molecule has 0 spiro atoms. The summed E-state index contributed by atoms with van der Waals surface area (Å²) in [5.74, 6) is -5.21. The van der Waals surface area contributed by atoms with Crippen LogP contribution in [0.5, 0.6) is 0 Å². The molecular weight excluding hydrogens is 343 g/mol. The van der Waals surface area contributed by atoms with E-state index in [4.69, 9.17) is 21.6 Å². The summed E-state index contributed by atoms with van der Waals surface area (Å²) in [5.41, 5.74) is -0.476. The van der Waals surface area contributed by atoms with E-state index in [0.717, 1.165) is 0 Å². The van der Waals surface area contributed by atoms with Crippen molar-refractivity contribution in [2.75, 3.05) is 0 Å². The van der Waals surface area contributed by atoms with Gasteiger partial charge in [-0.1, -0.05) is 31.5 Å². The molecule has 24 heavy (non-hydrogen) atoms. The third kappa shape index (κ3) is 3.27. The van der Waals surface area contributed by atoms with Crippen LogP contribution in [0.4, 0.5) is 13.2 Å². The zero-order valence-corrected chi connectivity index (χ0v) is 14.0. The van der Waals surface area contributed by atoms with Crippen LogP contribution in [0.25, 0.3) is 0 Å². The second kappa shape index (κ2) is 6.48. The summed E-state index contributed by atoms with van der Waals surface area (Å²) in [4.78, 5) is 12.2. The molecule has 0 unspecified atom stereocenters. The molecule has 1 aliphatic carbocycles. The lowest BCUT2D eigenvalue weighted by molar-refractivity contribution is -0.147. The fourth-order valence-corrected chi connectivity index (χ4v) is 2.92. The lowest BCUT2D eigenvalue weighted by Gasteiger charge is -2.09. The van der Waals surface area contributed by atoms with Gasteiger partial charge in [-0.2, -0.15) is 5.26 Å². The summed E-state index contributed by atoms with van der Waals surface area (Å²) >= 11 is 5.60. The number of nitriles is 1. The van der Waals surface area contributed by atoms with Crippen LogP contribution >= 0.6 is 11.6 Å². The number of esters is 1. The molecule has 128 valence electrons. The van der Waals surface area contributed by atoms with E-state index in [0.29, 0.717) is 11.6 Å². The van der Waals surface area contributed by atoms with E-state index < -0.39 is 51.9 Å². The van der Waals surface area contributed by atoms with E-state index in [-0.39, 0.29) is 5.92 Å². The van der Waals surface area contributed by atoms with Gasteiger partial charge in [0.2, 0.25) is 0 Å². The number of rotatable bonds is 4. The second-order valence-electron chi connectivity index (χ2n) is 6.34. The first-order chi connectivity index (χ1) is 11.1. The van der Waals surface area contributed by atoms with E-state index in [1.165, 1.54) is 0 Å². The van der Waals surface area contributed by atoms with Gasteiger partial charge in [-0.3, -0.25) is 4.79 Å². The normalized spacial score (nSPS) is 22.0. The largest absolute Gasteiger partial charge is 0.460 e. The summed E-state index contributed by atoms with van der Waals surface area (Å²) in [6.07, 6.45) is 1.68. The number of allylic oxidation sites excluding steroid dienone is 2. The van der Waals surface area contributed by atoms with Crippen LogP contribution in [0.1, 0.15) is 26.3 Å². The molecule has 1 aliphatic rings. The maximum absolute atomic E-state index is 13.7. The van der Waals surface area contributed by atoms with Crippen molar-refractivity contribution in [3.63, 3.8) is 0 Å². The van der Waals surface area contributed by atoms with Crippen molar-refractivity contribution in [2.45, 2.75) is 27.4 Å². The highest BCUT2D eigenvalue weighted by atomic mass is 35.5. The van der Waals surface area contributed by atoms with E-state index in [2.05, 4.69) is 0 Å². The highest BCUT2D eigenvalue weighted by molar-refractivity contribution is 6.31. The Morgan fingerprint density at radius 3 is 2.62 bits per heavy atom. The van der Waals surface area contributed by atoms with Gasteiger partial charge in [0.05, 0.1) is 17.0 Å². The first kappa shape index (κ1) is 18.3. The fourth-order valence-electron chi connectivity index (χ4n) is 2.73. The first-order valence-corrected chi connectivity index (χ1v) is 7.56. The van der Waals surface area contributed by atoms with Crippen molar-refractivity contribution in [1.82, 2.24) is 0 Å². The molecule has 1 fully saturated rings. The van der Waals surface area contributed by atoms with Gasteiger partial charge in [-0.15, -0.1) is 0 Å². The minimum Gasteiger partial charge on any atom is -0.460 e. The van der Waals surface area contributed by atoms with Gasteiger partial charge >= 0.3 is 5.97 Å². The maximum atomic E-state index is 13.7. The third-order valence-corrected chi connectivity index (χ3v) is 4.74. The Morgan fingerprint density at radius 1 is 1.42 bits per heavy atom. The number of carbonyl (C=O) groups is 1. The average molecular weight is 358 g/mol. The average Bonchev–Trinajstić information content (AvgIpc) is 3.05. The van der Waals surface area contributed by atoms with Gasteiger partial charge in [0.1, 0.15) is 12.4 Å². The first-order valence-electron chi connectivity index (χ1n) is 7.18. The van der Waals surface area contributed by atoms with Gasteiger partial charge in [0.15, 0.2) is 11.6 Å². The predicted molar refractivity (Wildman–Crippen MR) is 81.3 cm³/mol. The molecule has 0 radical (unpaired) electrons. The zero-order chi connectivity index (χ0) is 18.2. The molecule has 1 aromatic carbocycles.